The fourth-order valence-electron chi connectivity index (χ4n) is 1.61. The molecule has 0 atom stereocenters. The van der Waals surface area contributed by atoms with Gasteiger partial charge in [0.15, 0.2) is 0 Å². The summed E-state index contributed by atoms with van der Waals surface area (Å²) in [5.74, 6) is -0.333. The molecule has 0 bridgehead atoms. The second kappa shape index (κ2) is 6.08. The van der Waals surface area contributed by atoms with Crippen LogP contribution in [0.5, 0.6) is 5.75 Å². The summed E-state index contributed by atoms with van der Waals surface area (Å²) in [6, 6.07) is 6.72. The van der Waals surface area contributed by atoms with Crippen LogP contribution in [0.1, 0.15) is 15.2 Å². The molecule has 1 heterocycles. The third kappa shape index (κ3) is 3.27. The van der Waals surface area contributed by atoms with Crippen LogP contribution in [-0.2, 0) is 6.54 Å². The molecular weight excluding hydrogens is 330 g/mol. The topological polar surface area (TPSA) is 58.6 Å². The van der Waals surface area contributed by atoms with Crippen molar-refractivity contribution in [1.82, 2.24) is 0 Å². The number of rotatable bonds is 5. The monoisotopic (exact) mass is 341 g/mol. The zero-order valence-corrected chi connectivity index (χ0v) is 12.5. The molecule has 2 rings (SSSR count). The van der Waals surface area contributed by atoms with Crippen LogP contribution in [0, 0.1) is 0 Å². The molecule has 19 heavy (non-hydrogen) atoms. The molecule has 0 aliphatic heterocycles. The second-order valence-corrected chi connectivity index (χ2v) is 5.62. The molecule has 100 valence electrons. The van der Waals surface area contributed by atoms with Gasteiger partial charge in [-0.15, -0.1) is 11.3 Å². The number of hydrogen-bond acceptors (Lipinski definition) is 4. The van der Waals surface area contributed by atoms with Gasteiger partial charge in [-0.3, -0.25) is 0 Å². The largest absolute Gasteiger partial charge is 0.495 e. The first-order valence-electron chi connectivity index (χ1n) is 5.49. The molecule has 0 spiro atoms. The molecule has 2 aromatic rings. The maximum Gasteiger partial charge on any atom is 0.335 e. The zero-order valence-electron chi connectivity index (χ0n) is 10.1. The summed E-state index contributed by atoms with van der Waals surface area (Å²) in [5, 5.41) is 14.2. The normalized spacial score (nSPS) is 10.2. The number of ether oxygens (including phenoxy) is 1. The lowest BCUT2D eigenvalue weighted by Crippen LogP contribution is -2.03. The maximum absolute atomic E-state index is 11.0. The van der Waals surface area contributed by atoms with Crippen LogP contribution < -0.4 is 10.1 Å². The Morgan fingerprint density at radius 2 is 2.26 bits per heavy atom. The Morgan fingerprint density at radius 3 is 2.84 bits per heavy atom. The number of nitrogens with one attached hydrogen (secondary N) is 1. The number of carboxylic acids is 1. The molecule has 0 saturated heterocycles. The van der Waals surface area contributed by atoms with Gasteiger partial charge >= 0.3 is 5.97 Å². The highest BCUT2D eigenvalue weighted by atomic mass is 79.9. The van der Waals surface area contributed by atoms with Crippen LogP contribution in [0.2, 0.25) is 0 Å². The number of benzene rings is 1. The number of carboxylic acid groups (broad SMARTS) is 1. The summed E-state index contributed by atoms with van der Waals surface area (Å²) >= 11 is 5.08. The highest BCUT2D eigenvalue weighted by Gasteiger charge is 2.09. The first-order chi connectivity index (χ1) is 9.11. The minimum atomic E-state index is -0.956. The van der Waals surface area contributed by atoms with Gasteiger partial charge in [0, 0.05) is 9.35 Å². The van der Waals surface area contributed by atoms with Gasteiger partial charge in [0.2, 0.25) is 0 Å². The standard InChI is InChI=1S/C13H12BrNO3S/c1-18-11-3-2-8(13(16)17)6-10(11)15-7-12-9(14)4-5-19-12/h2-6,15H,7H2,1H3,(H,16,17). The van der Waals surface area contributed by atoms with Gasteiger partial charge in [-0.25, -0.2) is 4.79 Å². The quantitative estimate of drug-likeness (QED) is 0.867. The lowest BCUT2D eigenvalue weighted by molar-refractivity contribution is 0.0697. The van der Waals surface area contributed by atoms with E-state index in [2.05, 4.69) is 21.2 Å². The van der Waals surface area contributed by atoms with E-state index in [1.807, 2.05) is 11.4 Å². The number of carbonyl (C=O) groups is 1. The maximum atomic E-state index is 11.0. The summed E-state index contributed by atoms with van der Waals surface area (Å²) in [7, 11) is 1.56. The summed E-state index contributed by atoms with van der Waals surface area (Å²) in [4.78, 5) is 12.1. The summed E-state index contributed by atoms with van der Waals surface area (Å²) in [6.45, 7) is 0.609. The van der Waals surface area contributed by atoms with Crippen molar-refractivity contribution in [2.45, 2.75) is 6.54 Å². The van der Waals surface area contributed by atoms with Gasteiger partial charge in [-0.2, -0.15) is 0 Å². The van der Waals surface area contributed by atoms with Crippen LogP contribution >= 0.6 is 27.3 Å². The SMILES string of the molecule is COc1ccc(C(=O)O)cc1NCc1sccc1Br. The minimum Gasteiger partial charge on any atom is -0.495 e. The molecule has 4 nitrogen and oxygen atoms in total. The number of methoxy groups -OCH3 is 1. The molecule has 0 amide bonds. The molecule has 2 N–H and O–H groups in total. The van der Waals surface area contributed by atoms with Gasteiger partial charge < -0.3 is 15.2 Å². The van der Waals surface area contributed by atoms with E-state index in [0.717, 1.165) is 9.35 Å². The van der Waals surface area contributed by atoms with Crippen LogP contribution in [0.4, 0.5) is 5.69 Å². The molecular formula is C13H12BrNO3S. The van der Waals surface area contributed by atoms with Crippen LogP contribution in [0.3, 0.4) is 0 Å². The molecule has 1 aromatic heterocycles. The first kappa shape index (κ1) is 13.9. The Labute approximate surface area is 123 Å². The van der Waals surface area contributed by atoms with Crippen molar-refractivity contribution in [3.8, 4) is 5.75 Å². The van der Waals surface area contributed by atoms with E-state index in [9.17, 15) is 4.79 Å². The molecule has 6 heteroatoms. The summed E-state index contributed by atoms with van der Waals surface area (Å²) < 4.78 is 6.26. The smallest absolute Gasteiger partial charge is 0.335 e. The highest BCUT2D eigenvalue weighted by molar-refractivity contribution is 9.10. The minimum absolute atomic E-state index is 0.230. The second-order valence-electron chi connectivity index (χ2n) is 3.77. The van der Waals surface area contributed by atoms with Crippen molar-refractivity contribution in [3.63, 3.8) is 0 Å². The third-order valence-corrected chi connectivity index (χ3v) is 4.50. The number of thiophene rings is 1. The van der Waals surface area contributed by atoms with Crippen LogP contribution in [0.15, 0.2) is 34.1 Å². The average molecular weight is 342 g/mol. The number of aromatic carboxylic acids is 1. The predicted molar refractivity (Wildman–Crippen MR) is 79.3 cm³/mol. The molecule has 1 aromatic carbocycles. The fourth-order valence-corrected chi connectivity index (χ4v) is 3.04. The lowest BCUT2D eigenvalue weighted by Gasteiger charge is -2.11. The molecule has 0 unspecified atom stereocenters. The van der Waals surface area contributed by atoms with Crippen molar-refractivity contribution in [1.29, 1.82) is 0 Å². The molecule has 0 radical (unpaired) electrons. The average Bonchev–Trinajstić information content (AvgIpc) is 2.81. The van der Waals surface area contributed by atoms with Crippen molar-refractivity contribution in [3.05, 3.63) is 44.6 Å². The molecule has 0 saturated carbocycles. The van der Waals surface area contributed by atoms with Gasteiger partial charge in [-0.1, -0.05) is 0 Å². The van der Waals surface area contributed by atoms with E-state index in [-0.39, 0.29) is 5.56 Å². The van der Waals surface area contributed by atoms with E-state index < -0.39 is 5.97 Å². The van der Waals surface area contributed by atoms with E-state index in [1.54, 1.807) is 30.6 Å². The summed E-state index contributed by atoms with van der Waals surface area (Å²) in [5.41, 5.74) is 0.899. The van der Waals surface area contributed by atoms with Crippen LogP contribution in [0.25, 0.3) is 0 Å². The van der Waals surface area contributed by atoms with Gasteiger partial charge in [0.1, 0.15) is 5.75 Å². The van der Waals surface area contributed by atoms with Crippen molar-refractivity contribution < 1.29 is 14.6 Å². The Morgan fingerprint density at radius 1 is 1.47 bits per heavy atom. The van der Waals surface area contributed by atoms with Crippen molar-refractivity contribution in [2.75, 3.05) is 12.4 Å². The molecule has 0 aliphatic rings. The third-order valence-electron chi connectivity index (χ3n) is 2.58. The van der Waals surface area contributed by atoms with Gasteiger partial charge in [-0.05, 0) is 45.6 Å². The summed E-state index contributed by atoms with van der Waals surface area (Å²) in [6.07, 6.45) is 0. The Bertz CT molecular complexity index is 597. The van der Waals surface area contributed by atoms with Crippen molar-refractivity contribution in [2.24, 2.45) is 0 Å². The van der Waals surface area contributed by atoms with E-state index in [4.69, 9.17) is 9.84 Å². The van der Waals surface area contributed by atoms with Crippen LogP contribution in [-0.4, -0.2) is 18.2 Å². The zero-order chi connectivity index (χ0) is 13.8. The highest BCUT2D eigenvalue weighted by Crippen LogP contribution is 2.28. The number of halogens is 1. The fraction of sp³-hybridized carbons (Fsp3) is 0.154. The Hall–Kier alpha value is -1.53. The van der Waals surface area contributed by atoms with Gasteiger partial charge in [0.25, 0.3) is 0 Å². The molecule has 0 fully saturated rings. The van der Waals surface area contributed by atoms with Crippen molar-refractivity contribution >= 4 is 38.9 Å². The number of anilines is 1. The lowest BCUT2D eigenvalue weighted by atomic mass is 10.2. The van der Waals surface area contributed by atoms with E-state index >= 15 is 0 Å². The van der Waals surface area contributed by atoms with E-state index in [0.29, 0.717) is 18.0 Å². The molecule has 0 aliphatic carbocycles. The number of hydrogen-bond donors (Lipinski definition) is 2. The van der Waals surface area contributed by atoms with E-state index in [1.165, 1.54) is 6.07 Å². The first-order valence-corrected chi connectivity index (χ1v) is 7.16. The van der Waals surface area contributed by atoms with Gasteiger partial charge in [0.05, 0.1) is 24.9 Å². The Kier molecular flexibility index (Phi) is 4.44. The predicted octanol–water partition coefficient (Wildman–Crippen LogP) is 3.83. The Balaban J connectivity index is 2.20.